The molecule has 0 radical (unpaired) electrons. The number of nitrogens with zero attached hydrogens (tertiary/aromatic N) is 2. The Morgan fingerprint density at radius 3 is 2.18 bits per heavy atom. The molecule has 1 aromatic heterocycles. The van der Waals surface area contributed by atoms with E-state index in [0.717, 1.165) is 68.1 Å². The predicted molar refractivity (Wildman–Crippen MR) is 235 cm³/mol. The molecule has 61 heavy (non-hydrogen) atoms. The van der Waals surface area contributed by atoms with Gasteiger partial charge in [-0.15, -0.1) is 10.2 Å². The van der Waals surface area contributed by atoms with Gasteiger partial charge in [-0.25, -0.2) is 0 Å². The number of allylic oxidation sites excluding steroid dienone is 2. The molecule has 0 bridgehead atoms. The van der Waals surface area contributed by atoms with Crippen molar-refractivity contribution in [3.8, 4) is 11.5 Å². The SMILES string of the molecule is CC(C)C1=C2[C@H]3CC[C@@H]4[C@@]5(C)CC[C@H](OC(=O)[C@H]6C[C@@H](C(=O)OCc7ccccc7)C6(C)C)C(C)(C)[C@@H]5CC[C@@]4(C)[C@]3(C)CC[C@@]2(c2nnc(-c3ccc(Cl)cc3)o2)CC1=O. The largest absolute Gasteiger partial charge is 0.462 e. The Labute approximate surface area is 367 Å². The Morgan fingerprint density at radius 2 is 1.49 bits per heavy atom. The van der Waals surface area contributed by atoms with Crippen molar-refractivity contribution in [2.45, 2.75) is 145 Å². The van der Waals surface area contributed by atoms with Gasteiger partial charge in [0.25, 0.3) is 0 Å². The van der Waals surface area contributed by atoms with Crippen molar-refractivity contribution in [1.29, 1.82) is 0 Å². The third-order valence-corrected chi connectivity index (χ3v) is 18.9. The lowest BCUT2D eigenvalue weighted by atomic mass is 9.33. The van der Waals surface area contributed by atoms with Gasteiger partial charge in [-0.2, -0.15) is 0 Å². The van der Waals surface area contributed by atoms with Gasteiger partial charge >= 0.3 is 11.9 Å². The third kappa shape index (κ3) is 6.28. The highest BCUT2D eigenvalue weighted by atomic mass is 35.5. The van der Waals surface area contributed by atoms with Crippen molar-refractivity contribution in [2.24, 2.45) is 62.6 Å². The van der Waals surface area contributed by atoms with E-state index >= 15 is 0 Å². The molecule has 10 atom stereocenters. The van der Waals surface area contributed by atoms with Crippen LogP contribution in [0.5, 0.6) is 0 Å². The second kappa shape index (κ2) is 14.6. The summed E-state index contributed by atoms with van der Waals surface area (Å²) in [6, 6.07) is 17.2. The first-order valence-corrected chi connectivity index (χ1v) is 23.4. The smallest absolute Gasteiger partial charge is 0.309 e. The minimum atomic E-state index is -0.579. The van der Waals surface area contributed by atoms with E-state index in [1.54, 1.807) is 0 Å². The van der Waals surface area contributed by atoms with E-state index in [1.807, 2.05) is 68.4 Å². The number of hydrogen-bond donors (Lipinski definition) is 0. The van der Waals surface area contributed by atoms with Crippen LogP contribution in [0.3, 0.4) is 0 Å². The molecule has 0 amide bonds. The van der Waals surface area contributed by atoms with E-state index < -0.39 is 10.8 Å². The summed E-state index contributed by atoms with van der Waals surface area (Å²) in [6.45, 7) is 21.0. The Bertz CT molecular complexity index is 2260. The van der Waals surface area contributed by atoms with Gasteiger partial charge in [0.05, 0.1) is 17.3 Å². The molecule has 0 saturated heterocycles. The molecule has 0 spiro atoms. The lowest BCUT2D eigenvalue weighted by Gasteiger charge is -2.72. The molecule has 6 aliphatic carbocycles. The third-order valence-electron chi connectivity index (χ3n) is 18.6. The number of esters is 2. The zero-order chi connectivity index (χ0) is 43.5. The van der Waals surface area contributed by atoms with Crippen molar-refractivity contribution in [2.75, 3.05) is 0 Å². The average Bonchev–Trinajstić information content (AvgIpc) is 3.82. The van der Waals surface area contributed by atoms with Gasteiger partial charge < -0.3 is 13.9 Å². The van der Waals surface area contributed by atoms with Gasteiger partial charge in [-0.1, -0.05) is 104 Å². The van der Waals surface area contributed by atoms with Crippen molar-refractivity contribution in [1.82, 2.24) is 10.2 Å². The van der Waals surface area contributed by atoms with E-state index in [2.05, 4.69) is 53.6 Å². The number of benzene rings is 2. The van der Waals surface area contributed by atoms with Crippen molar-refractivity contribution in [3.63, 3.8) is 0 Å². The molecule has 8 nitrogen and oxygen atoms in total. The van der Waals surface area contributed by atoms with Gasteiger partial charge in [0.2, 0.25) is 11.8 Å². The number of carbonyl (C=O) groups excluding carboxylic acids is 3. The maximum absolute atomic E-state index is 14.2. The summed E-state index contributed by atoms with van der Waals surface area (Å²) in [6.07, 6.45) is 8.64. The molecule has 9 rings (SSSR count). The Morgan fingerprint density at radius 1 is 0.787 bits per heavy atom. The van der Waals surface area contributed by atoms with Gasteiger partial charge in [-0.3, -0.25) is 14.4 Å². The summed E-state index contributed by atoms with van der Waals surface area (Å²) in [4.78, 5) is 41.4. The summed E-state index contributed by atoms with van der Waals surface area (Å²) in [5, 5.41) is 9.92. The first-order chi connectivity index (χ1) is 28.8. The highest BCUT2D eigenvalue weighted by molar-refractivity contribution is 6.30. The van der Waals surface area contributed by atoms with Gasteiger partial charge in [0, 0.05) is 22.4 Å². The average molecular weight is 850 g/mol. The maximum Gasteiger partial charge on any atom is 0.309 e. The Kier molecular flexibility index (Phi) is 10.2. The van der Waals surface area contributed by atoms with Crippen LogP contribution >= 0.6 is 11.6 Å². The molecule has 2 aromatic carbocycles. The first-order valence-electron chi connectivity index (χ1n) is 23.1. The number of ketones is 1. The van der Waals surface area contributed by atoms with E-state index in [9.17, 15) is 14.4 Å². The van der Waals surface area contributed by atoms with Crippen LogP contribution in [0.25, 0.3) is 11.5 Å². The lowest BCUT2D eigenvalue weighted by Crippen LogP contribution is -2.66. The fourth-order valence-electron chi connectivity index (χ4n) is 15.0. The molecule has 5 fully saturated rings. The quantitative estimate of drug-likeness (QED) is 0.206. The summed E-state index contributed by atoms with van der Waals surface area (Å²) < 4.78 is 18.9. The minimum Gasteiger partial charge on any atom is -0.462 e. The van der Waals surface area contributed by atoms with E-state index in [-0.39, 0.29) is 75.8 Å². The number of carbonyl (C=O) groups is 3. The summed E-state index contributed by atoms with van der Waals surface area (Å²) in [5.41, 5.74) is 2.85. The topological polar surface area (TPSA) is 109 Å². The maximum atomic E-state index is 14.2. The van der Waals surface area contributed by atoms with E-state index in [1.165, 1.54) is 5.57 Å². The highest BCUT2D eigenvalue weighted by Crippen LogP contribution is 2.77. The molecule has 9 heteroatoms. The molecule has 0 unspecified atom stereocenters. The number of ether oxygens (including phenoxy) is 2. The van der Waals surface area contributed by atoms with Gasteiger partial charge in [0.1, 0.15) is 12.7 Å². The lowest BCUT2D eigenvalue weighted by molar-refractivity contribution is -0.235. The zero-order valence-corrected chi connectivity index (χ0v) is 38.5. The molecular formula is C52H65ClN2O6. The Hall–Kier alpha value is -3.78. The highest BCUT2D eigenvalue weighted by Gasteiger charge is 2.71. The van der Waals surface area contributed by atoms with Crippen molar-refractivity contribution < 1.29 is 28.3 Å². The van der Waals surface area contributed by atoms with E-state index in [0.29, 0.717) is 41.5 Å². The van der Waals surface area contributed by atoms with Crippen LogP contribution in [0.4, 0.5) is 0 Å². The number of fused-ring (bicyclic) bond motifs is 7. The molecule has 0 aliphatic heterocycles. The molecule has 326 valence electrons. The normalized spacial score (nSPS) is 37.2. The van der Waals surface area contributed by atoms with Crippen LogP contribution in [-0.4, -0.2) is 34.0 Å². The summed E-state index contributed by atoms with van der Waals surface area (Å²) in [7, 11) is 0. The molecule has 6 aliphatic rings. The molecular weight excluding hydrogens is 784 g/mol. The van der Waals surface area contributed by atoms with Crippen LogP contribution in [0, 0.1) is 62.6 Å². The van der Waals surface area contributed by atoms with Gasteiger partial charge in [-0.05, 0) is 144 Å². The molecule has 1 heterocycles. The zero-order valence-electron chi connectivity index (χ0n) is 37.7. The van der Waals surface area contributed by atoms with Crippen LogP contribution < -0.4 is 0 Å². The number of Topliss-reactive ketones (excluding diaryl/α,β-unsaturated/α-hetero) is 1. The fourth-order valence-corrected chi connectivity index (χ4v) is 15.1. The fraction of sp³-hybridized carbons (Fsp3) is 0.635. The van der Waals surface area contributed by atoms with E-state index in [4.69, 9.17) is 30.6 Å². The molecule has 3 aromatic rings. The predicted octanol–water partition coefficient (Wildman–Crippen LogP) is 11.9. The number of halogens is 1. The van der Waals surface area contributed by atoms with Crippen LogP contribution in [0.15, 0.2) is 70.2 Å². The first kappa shape index (κ1) is 42.5. The second-order valence-electron chi connectivity index (χ2n) is 22.2. The number of aromatic nitrogens is 2. The van der Waals surface area contributed by atoms with Gasteiger partial charge in [0.15, 0.2) is 5.78 Å². The molecule has 0 N–H and O–H groups in total. The standard InChI is InChI=1S/C52H65ClN2O6/c1-30(2)41-37(56)28-52(46-55-54-43(61-46)32-15-17-33(53)18-16-32)26-25-50(8)34(42(41)52)19-20-39-49(7)23-22-40(48(5,6)38(49)21-24-51(39,50)9)60-45(58)36-27-35(47(36,3)4)44(57)59-29-31-13-11-10-12-14-31/h10-18,30,34-36,38-40H,19-29H2,1-9H3/t34-,35+,36-,38+,39-,40+,49+,50-,51-,52-/m1/s1. The minimum absolute atomic E-state index is 0.0193. The van der Waals surface area contributed by atoms with Crippen LogP contribution in [-0.2, 0) is 35.9 Å². The molecule has 5 saturated carbocycles. The number of rotatable bonds is 8. The van der Waals surface area contributed by atoms with Crippen molar-refractivity contribution >= 4 is 29.3 Å². The number of hydrogen-bond acceptors (Lipinski definition) is 8. The monoisotopic (exact) mass is 848 g/mol. The van der Waals surface area contributed by atoms with Crippen molar-refractivity contribution in [3.05, 3.63) is 82.2 Å². The second-order valence-corrected chi connectivity index (χ2v) is 22.7. The summed E-state index contributed by atoms with van der Waals surface area (Å²) >= 11 is 6.20. The van der Waals surface area contributed by atoms with Crippen LogP contribution in [0.2, 0.25) is 5.02 Å². The summed E-state index contributed by atoms with van der Waals surface area (Å²) in [5.74, 6) is 1.45. The Balaban J connectivity index is 0.934. The van der Waals surface area contributed by atoms with Crippen LogP contribution in [0.1, 0.15) is 138 Å².